The lowest BCUT2D eigenvalue weighted by molar-refractivity contribution is -0.134. The number of benzene rings is 2. The van der Waals surface area contributed by atoms with Crippen LogP contribution >= 0.6 is 0 Å². The van der Waals surface area contributed by atoms with Crippen molar-refractivity contribution in [3.8, 4) is 0 Å². The van der Waals surface area contributed by atoms with E-state index in [9.17, 15) is 19.8 Å². The predicted molar refractivity (Wildman–Crippen MR) is 138 cm³/mol. The van der Waals surface area contributed by atoms with Crippen LogP contribution in [0.3, 0.4) is 0 Å². The number of unbranched alkanes of at least 4 members (excludes halogenated alkanes) is 1. The third kappa shape index (κ3) is 7.31. The maximum atomic E-state index is 13.0. The fourth-order valence-corrected chi connectivity index (χ4v) is 5.10. The highest BCUT2D eigenvalue weighted by molar-refractivity contribution is 5.82. The van der Waals surface area contributed by atoms with Crippen molar-refractivity contribution in [2.24, 2.45) is 5.41 Å². The summed E-state index contributed by atoms with van der Waals surface area (Å²) in [4.78, 5) is 26.8. The molecule has 0 aromatic heterocycles. The minimum Gasteiger partial charge on any atom is -0.465 e. The summed E-state index contributed by atoms with van der Waals surface area (Å²) < 4.78 is 0. The Morgan fingerprint density at radius 1 is 1.06 bits per heavy atom. The van der Waals surface area contributed by atoms with E-state index in [1.807, 2.05) is 62.4 Å². The quantitative estimate of drug-likeness (QED) is 0.350. The van der Waals surface area contributed by atoms with Crippen LogP contribution < -0.4 is 5.32 Å². The highest BCUT2D eigenvalue weighted by Crippen LogP contribution is 2.46. The van der Waals surface area contributed by atoms with Gasteiger partial charge in [0.05, 0.1) is 12.1 Å². The minimum absolute atomic E-state index is 0.105. The summed E-state index contributed by atoms with van der Waals surface area (Å²) in [5.74, 6) is -0.527. The van der Waals surface area contributed by atoms with Crippen LogP contribution in [-0.4, -0.2) is 45.8 Å². The molecule has 1 saturated carbocycles. The molecule has 35 heavy (non-hydrogen) atoms. The van der Waals surface area contributed by atoms with Gasteiger partial charge in [0.2, 0.25) is 0 Å². The van der Waals surface area contributed by atoms with E-state index in [1.165, 1.54) is 10.5 Å². The molecule has 190 valence electrons. The first kappa shape index (κ1) is 26.7. The molecule has 2 aromatic rings. The molecule has 6 heteroatoms. The molecule has 2 amide bonds. The van der Waals surface area contributed by atoms with Crippen LogP contribution in [0, 0.1) is 5.41 Å². The largest absolute Gasteiger partial charge is 0.465 e. The average molecular weight is 481 g/mol. The van der Waals surface area contributed by atoms with Gasteiger partial charge in [-0.05, 0) is 55.6 Å². The van der Waals surface area contributed by atoms with Gasteiger partial charge in [0.15, 0.2) is 6.10 Å². The maximum absolute atomic E-state index is 13.0. The second-order valence-corrected chi connectivity index (χ2v) is 10.0. The number of aliphatic hydroxyl groups is 1. The highest BCUT2D eigenvalue weighted by Gasteiger charge is 2.43. The van der Waals surface area contributed by atoms with Crippen molar-refractivity contribution in [3.05, 3.63) is 71.8 Å². The maximum Gasteiger partial charge on any atom is 0.407 e. The Labute approximate surface area is 209 Å². The zero-order valence-corrected chi connectivity index (χ0v) is 21.0. The SMILES string of the molecule is CCCC[C@@H](C(O)C(=O)N[C@H](C)c1ccccc1)N(CC1(CCc2ccccc2)CCC1)C(=O)O. The number of hydrogen-bond donors (Lipinski definition) is 3. The van der Waals surface area contributed by atoms with Gasteiger partial charge >= 0.3 is 6.09 Å². The van der Waals surface area contributed by atoms with E-state index in [0.29, 0.717) is 13.0 Å². The first-order valence-corrected chi connectivity index (χ1v) is 12.9. The molecule has 2 aromatic carbocycles. The Balaban J connectivity index is 1.73. The number of nitrogens with one attached hydrogen (secondary N) is 1. The van der Waals surface area contributed by atoms with Gasteiger partial charge in [-0.15, -0.1) is 0 Å². The summed E-state index contributed by atoms with van der Waals surface area (Å²) in [5, 5.41) is 24.2. The van der Waals surface area contributed by atoms with Crippen molar-refractivity contribution in [2.75, 3.05) is 6.54 Å². The van der Waals surface area contributed by atoms with Gasteiger partial charge in [-0.3, -0.25) is 4.79 Å². The Kier molecular flexibility index (Phi) is 9.73. The van der Waals surface area contributed by atoms with Gasteiger partial charge in [-0.25, -0.2) is 4.79 Å². The molecular weight excluding hydrogens is 440 g/mol. The molecule has 3 rings (SSSR count). The predicted octanol–water partition coefficient (Wildman–Crippen LogP) is 5.57. The van der Waals surface area contributed by atoms with Crippen LogP contribution in [0.5, 0.6) is 0 Å². The van der Waals surface area contributed by atoms with Crippen LogP contribution in [0.25, 0.3) is 0 Å². The van der Waals surface area contributed by atoms with E-state index < -0.39 is 24.1 Å². The first-order chi connectivity index (χ1) is 16.8. The van der Waals surface area contributed by atoms with Crippen molar-refractivity contribution in [1.82, 2.24) is 10.2 Å². The fraction of sp³-hybridized carbons (Fsp3) is 0.517. The van der Waals surface area contributed by atoms with Crippen molar-refractivity contribution >= 4 is 12.0 Å². The van der Waals surface area contributed by atoms with E-state index in [4.69, 9.17) is 0 Å². The zero-order chi connectivity index (χ0) is 25.3. The van der Waals surface area contributed by atoms with E-state index in [0.717, 1.165) is 50.5 Å². The molecule has 0 aliphatic heterocycles. The van der Waals surface area contributed by atoms with Crippen LogP contribution in [0.4, 0.5) is 4.79 Å². The molecule has 0 heterocycles. The first-order valence-electron chi connectivity index (χ1n) is 12.9. The molecule has 0 bridgehead atoms. The van der Waals surface area contributed by atoms with Gasteiger partial charge in [-0.1, -0.05) is 86.8 Å². The van der Waals surface area contributed by atoms with Crippen LogP contribution in [-0.2, 0) is 11.2 Å². The van der Waals surface area contributed by atoms with E-state index >= 15 is 0 Å². The van der Waals surface area contributed by atoms with Crippen LogP contribution in [0.15, 0.2) is 60.7 Å². The molecular formula is C29H40N2O4. The molecule has 1 fully saturated rings. The summed E-state index contributed by atoms with van der Waals surface area (Å²) in [6.45, 7) is 4.24. The lowest BCUT2D eigenvalue weighted by Gasteiger charge is -2.47. The number of carbonyl (C=O) groups is 2. The van der Waals surface area contributed by atoms with Crippen molar-refractivity contribution < 1.29 is 19.8 Å². The molecule has 1 aliphatic rings. The summed E-state index contributed by atoms with van der Waals surface area (Å²) in [6.07, 6.45) is 4.37. The van der Waals surface area contributed by atoms with Crippen molar-refractivity contribution in [2.45, 2.75) is 83.4 Å². The number of amides is 2. The second-order valence-electron chi connectivity index (χ2n) is 10.0. The minimum atomic E-state index is -1.42. The number of nitrogens with zero attached hydrogens (tertiary/aromatic N) is 1. The van der Waals surface area contributed by atoms with Gasteiger partial charge in [-0.2, -0.15) is 0 Å². The molecule has 0 spiro atoms. The van der Waals surface area contributed by atoms with E-state index in [2.05, 4.69) is 17.4 Å². The molecule has 0 radical (unpaired) electrons. The van der Waals surface area contributed by atoms with E-state index in [-0.39, 0.29) is 11.5 Å². The zero-order valence-electron chi connectivity index (χ0n) is 21.0. The standard InChI is InChI=1S/C29H40N2O4/c1-3-4-16-25(26(32)27(33)30-22(2)24-14-9-6-10-15-24)31(28(34)35)21-29(18-11-19-29)20-17-23-12-7-5-8-13-23/h5-10,12-15,22,25-26,32H,3-4,11,16-21H2,1-2H3,(H,30,33)(H,34,35)/t22-,25+,26?/m1/s1. The summed E-state index contributed by atoms with van der Waals surface area (Å²) >= 11 is 0. The number of rotatable bonds is 13. The summed E-state index contributed by atoms with van der Waals surface area (Å²) in [7, 11) is 0. The molecule has 3 atom stereocenters. The van der Waals surface area contributed by atoms with Gasteiger partial charge in [0.25, 0.3) is 5.91 Å². The summed E-state index contributed by atoms with van der Waals surface area (Å²) in [5.41, 5.74) is 2.08. The monoisotopic (exact) mass is 480 g/mol. The van der Waals surface area contributed by atoms with Crippen LogP contribution in [0.2, 0.25) is 0 Å². The molecule has 0 saturated heterocycles. The number of carbonyl (C=O) groups excluding carboxylic acids is 1. The van der Waals surface area contributed by atoms with Crippen molar-refractivity contribution in [1.29, 1.82) is 0 Å². The Morgan fingerprint density at radius 2 is 1.69 bits per heavy atom. The number of hydrogen-bond acceptors (Lipinski definition) is 3. The normalized spacial score (nSPS) is 17.0. The summed E-state index contributed by atoms with van der Waals surface area (Å²) in [6, 6.07) is 18.8. The third-order valence-corrected chi connectivity index (χ3v) is 7.50. The second kappa shape index (κ2) is 12.7. The number of aryl methyl sites for hydroxylation is 1. The number of aliphatic hydroxyl groups excluding tert-OH is 1. The molecule has 3 N–H and O–H groups in total. The van der Waals surface area contributed by atoms with Crippen molar-refractivity contribution in [3.63, 3.8) is 0 Å². The molecule has 6 nitrogen and oxygen atoms in total. The fourth-order valence-electron chi connectivity index (χ4n) is 5.10. The Hall–Kier alpha value is -2.86. The third-order valence-electron chi connectivity index (χ3n) is 7.50. The van der Waals surface area contributed by atoms with Crippen LogP contribution in [0.1, 0.15) is 76.0 Å². The topological polar surface area (TPSA) is 89.9 Å². The highest BCUT2D eigenvalue weighted by atomic mass is 16.4. The van der Waals surface area contributed by atoms with Gasteiger partial charge < -0.3 is 20.4 Å². The smallest absolute Gasteiger partial charge is 0.407 e. The lowest BCUT2D eigenvalue weighted by atomic mass is 9.65. The van der Waals surface area contributed by atoms with Gasteiger partial charge in [0.1, 0.15) is 0 Å². The molecule has 1 aliphatic carbocycles. The number of carboxylic acid groups (broad SMARTS) is 1. The Morgan fingerprint density at radius 3 is 2.23 bits per heavy atom. The average Bonchev–Trinajstić information content (AvgIpc) is 2.85. The van der Waals surface area contributed by atoms with E-state index in [1.54, 1.807) is 0 Å². The lowest BCUT2D eigenvalue weighted by Crippen LogP contribution is -2.56. The molecule has 1 unspecified atom stereocenters. The Bertz CT molecular complexity index is 930. The van der Waals surface area contributed by atoms with Gasteiger partial charge in [0, 0.05) is 6.54 Å².